The second-order valence-corrected chi connectivity index (χ2v) is 10.9. The number of halogens is 3. The van der Waals surface area contributed by atoms with Crippen LogP contribution in [-0.4, -0.2) is 44.3 Å². The van der Waals surface area contributed by atoms with Crippen LogP contribution in [0.25, 0.3) is 22.4 Å². The molecule has 0 atom stereocenters. The van der Waals surface area contributed by atoms with Gasteiger partial charge in [0.2, 0.25) is 5.95 Å². The van der Waals surface area contributed by atoms with E-state index in [0.717, 1.165) is 17.4 Å². The molecule has 11 nitrogen and oxygen atoms in total. The van der Waals surface area contributed by atoms with Crippen molar-refractivity contribution >= 4 is 44.9 Å². The van der Waals surface area contributed by atoms with Crippen molar-refractivity contribution in [2.75, 3.05) is 4.31 Å². The van der Waals surface area contributed by atoms with Crippen LogP contribution in [0.3, 0.4) is 0 Å². The number of aromatic nitrogens is 5. The van der Waals surface area contributed by atoms with E-state index in [2.05, 4.69) is 20.1 Å². The van der Waals surface area contributed by atoms with Gasteiger partial charge in [-0.2, -0.15) is 9.49 Å². The molecule has 0 spiro atoms. The molecule has 5 aromatic rings. The third-order valence-electron chi connectivity index (χ3n) is 5.44. The number of benzene rings is 1. The largest absolute Gasteiger partial charge is 0.464 e. The zero-order valence-electron chi connectivity index (χ0n) is 20.1. The Morgan fingerprint density at radius 3 is 2.58 bits per heavy atom. The molecule has 0 fully saturated rings. The molecule has 40 heavy (non-hydrogen) atoms. The van der Waals surface area contributed by atoms with E-state index in [4.69, 9.17) is 16.3 Å². The number of carboxylic acid groups (broad SMARTS) is 1. The lowest BCUT2D eigenvalue weighted by molar-refractivity contribution is 0.206. The Bertz CT molecular complexity index is 1850. The van der Waals surface area contributed by atoms with Crippen molar-refractivity contribution in [1.82, 2.24) is 24.7 Å². The third-order valence-corrected chi connectivity index (χ3v) is 8.01. The van der Waals surface area contributed by atoms with E-state index >= 15 is 4.39 Å². The minimum absolute atomic E-state index is 0.0561. The van der Waals surface area contributed by atoms with Crippen LogP contribution in [0.15, 0.2) is 70.9 Å². The Hall–Kier alpha value is -4.47. The van der Waals surface area contributed by atoms with E-state index in [1.165, 1.54) is 46.3 Å². The van der Waals surface area contributed by atoms with E-state index in [1.54, 1.807) is 19.3 Å². The number of nitrogens with zero attached hydrogens (tertiary/aromatic N) is 6. The second kappa shape index (κ2) is 10.6. The normalized spacial score (nSPS) is 11.4. The molecule has 0 unspecified atom stereocenters. The second-order valence-electron chi connectivity index (χ2n) is 8.02. The van der Waals surface area contributed by atoms with Crippen LogP contribution in [0.1, 0.15) is 0 Å². The molecule has 0 saturated heterocycles. The van der Waals surface area contributed by atoms with Gasteiger partial charge in [-0.3, -0.25) is 9.67 Å². The first-order valence-electron chi connectivity index (χ1n) is 11.0. The van der Waals surface area contributed by atoms with Crippen LogP contribution < -0.4 is 9.04 Å². The predicted molar refractivity (Wildman–Crippen MR) is 141 cm³/mol. The van der Waals surface area contributed by atoms with E-state index in [0.29, 0.717) is 17.2 Å². The number of hydrogen-bond acceptors (Lipinski definition) is 9. The summed E-state index contributed by atoms with van der Waals surface area (Å²) in [6.07, 6.45) is 3.84. The molecule has 1 N–H and O–H groups in total. The third kappa shape index (κ3) is 5.09. The zero-order chi connectivity index (χ0) is 28.6. The smallest absolute Gasteiger partial charge is 0.427 e. The maximum atomic E-state index is 15.2. The van der Waals surface area contributed by atoms with E-state index in [9.17, 15) is 22.7 Å². The molecule has 4 heterocycles. The van der Waals surface area contributed by atoms with Crippen molar-refractivity contribution in [3.8, 4) is 33.9 Å². The summed E-state index contributed by atoms with van der Waals surface area (Å²) in [5.74, 6) is -2.72. The first-order valence-corrected chi connectivity index (χ1v) is 13.8. The van der Waals surface area contributed by atoms with Gasteiger partial charge in [-0.05, 0) is 24.3 Å². The Labute approximate surface area is 234 Å². The topological polar surface area (TPSA) is 140 Å². The lowest BCUT2D eigenvalue weighted by atomic mass is 10.1. The minimum atomic E-state index is -4.96. The summed E-state index contributed by atoms with van der Waals surface area (Å²) in [6.45, 7) is 0. The van der Waals surface area contributed by atoms with E-state index in [1.807, 2.05) is 0 Å². The van der Waals surface area contributed by atoms with Crippen LogP contribution in [0, 0.1) is 11.8 Å². The highest BCUT2D eigenvalue weighted by molar-refractivity contribution is 7.93. The number of carbonyl (C=O) groups is 1. The molecule has 16 heteroatoms. The van der Waals surface area contributed by atoms with Gasteiger partial charge in [0, 0.05) is 42.0 Å². The predicted octanol–water partition coefficient (Wildman–Crippen LogP) is 5.60. The standard InChI is InChI=1S/C24H15ClF2N6O5S2/c1-32-10-13(8-31-32)15-5-18(14-3-2-4-28-23(14)27)29-9-20(15)38-19-7-17(26)21(6-16(19)25)40(36,37)33(24(34)35)22-11-39-12-30-22/h2-12H,1H3,(H,34,35). The zero-order valence-corrected chi connectivity index (χ0v) is 22.5. The first-order chi connectivity index (χ1) is 19.1. The minimum Gasteiger partial charge on any atom is -0.464 e. The molecular weight excluding hydrogens is 590 g/mol. The van der Waals surface area contributed by atoms with Crippen LogP contribution in [-0.2, 0) is 17.1 Å². The van der Waals surface area contributed by atoms with Crippen molar-refractivity contribution < 1.29 is 31.8 Å². The van der Waals surface area contributed by atoms with Gasteiger partial charge in [0.05, 0.1) is 34.2 Å². The van der Waals surface area contributed by atoms with Crippen LogP contribution in [0.5, 0.6) is 11.5 Å². The molecule has 0 aliphatic carbocycles. The monoisotopic (exact) mass is 604 g/mol. The fourth-order valence-electron chi connectivity index (χ4n) is 3.67. The lowest BCUT2D eigenvalue weighted by Gasteiger charge is -2.18. The van der Waals surface area contributed by atoms with Gasteiger partial charge in [0.15, 0.2) is 11.6 Å². The molecule has 0 radical (unpaired) electrons. The SMILES string of the molecule is Cn1cc(-c2cc(-c3cccnc3F)ncc2Oc2cc(F)c(S(=O)(=O)N(C(=O)O)c3cscn3)cc2Cl)cn1. The number of hydrogen-bond donors (Lipinski definition) is 1. The van der Waals surface area contributed by atoms with Crippen molar-refractivity contribution in [2.45, 2.75) is 4.90 Å². The number of amides is 1. The van der Waals surface area contributed by atoms with Crippen LogP contribution in [0.4, 0.5) is 19.4 Å². The number of pyridine rings is 2. The highest BCUT2D eigenvalue weighted by Crippen LogP contribution is 2.40. The fourth-order valence-corrected chi connectivity index (χ4v) is 5.84. The summed E-state index contributed by atoms with van der Waals surface area (Å²) >= 11 is 7.24. The molecule has 4 aromatic heterocycles. The molecule has 1 aromatic carbocycles. The number of rotatable bonds is 7. The van der Waals surface area contributed by atoms with Gasteiger partial charge in [-0.25, -0.2) is 27.6 Å². The van der Waals surface area contributed by atoms with Crippen molar-refractivity contribution in [3.63, 3.8) is 0 Å². The molecule has 0 aliphatic rings. The molecule has 0 saturated carbocycles. The summed E-state index contributed by atoms with van der Waals surface area (Å²) in [5.41, 5.74) is 2.51. The number of thiazole rings is 1. The highest BCUT2D eigenvalue weighted by Gasteiger charge is 2.35. The summed E-state index contributed by atoms with van der Waals surface area (Å²) in [5, 5.41) is 14.5. The van der Waals surface area contributed by atoms with Gasteiger partial charge in [0.25, 0.3) is 10.0 Å². The molecular formula is C24H15ClF2N6O5S2. The van der Waals surface area contributed by atoms with Crippen LogP contribution in [0.2, 0.25) is 5.02 Å². The average Bonchev–Trinajstić information content (AvgIpc) is 3.58. The fraction of sp³-hybridized carbons (Fsp3) is 0.0417. The lowest BCUT2D eigenvalue weighted by Crippen LogP contribution is -2.36. The molecule has 0 bridgehead atoms. The van der Waals surface area contributed by atoms with Gasteiger partial charge in [-0.1, -0.05) is 11.6 Å². The molecule has 1 amide bonds. The summed E-state index contributed by atoms with van der Waals surface area (Å²) in [7, 11) is -3.27. The maximum Gasteiger partial charge on any atom is 0.427 e. The van der Waals surface area contributed by atoms with Gasteiger partial charge in [0.1, 0.15) is 16.5 Å². The molecule has 204 valence electrons. The Morgan fingerprint density at radius 1 is 1.12 bits per heavy atom. The quantitative estimate of drug-likeness (QED) is 0.235. The number of aryl methyl sites for hydroxylation is 1. The average molecular weight is 605 g/mol. The van der Waals surface area contributed by atoms with Crippen LogP contribution >= 0.6 is 22.9 Å². The van der Waals surface area contributed by atoms with Crippen molar-refractivity contribution in [1.29, 1.82) is 0 Å². The highest BCUT2D eigenvalue weighted by atomic mass is 35.5. The summed E-state index contributed by atoms with van der Waals surface area (Å²) in [6, 6.07) is 6.01. The first kappa shape index (κ1) is 27.1. The Kier molecular flexibility index (Phi) is 7.18. The summed E-state index contributed by atoms with van der Waals surface area (Å²) < 4.78 is 63.0. The van der Waals surface area contributed by atoms with Gasteiger partial charge >= 0.3 is 6.09 Å². The number of sulfonamides is 1. The summed E-state index contributed by atoms with van der Waals surface area (Å²) in [4.78, 5) is 22.3. The van der Waals surface area contributed by atoms with Gasteiger partial charge in [-0.15, -0.1) is 15.6 Å². The molecule has 0 aliphatic heterocycles. The maximum absolute atomic E-state index is 15.2. The van der Waals surface area contributed by atoms with E-state index < -0.39 is 38.6 Å². The number of anilines is 1. The Balaban J connectivity index is 1.56. The van der Waals surface area contributed by atoms with Gasteiger partial charge < -0.3 is 9.84 Å². The molecule has 5 rings (SSSR count). The van der Waals surface area contributed by atoms with Crippen molar-refractivity contribution in [2.24, 2.45) is 7.05 Å². The Morgan fingerprint density at radius 2 is 1.93 bits per heavy atom. The van der Waals surface area contributed by atoms with Crippen molar-refractivity contribution in [3.05, 3.63) is 82.8 Å². The number of ether oxygens (including phenoxy) is 1. The van der Waals surface area contributed by atoms with E-state index in [-0.39, 0.29) is 32.1 Å².